The topological polar surface area (TPSA) is 72.7 Å². The van der Waals surface area contributed by atoms with Gasteiger partial charge in [0.05, 0.1) is 22.1 Å². The van der Waals surface area contributed by atoms with Crippen molar-refractivity contribution in [2.24, 2.45) is 0 Å². The van der Waals surface area contributed by atoms with Gasteiger partial charge >= 0.3 is 5.97 Å². The first kappa shape index (κ1) is 17.4. The summed E-state index contributed by atoms with van der Waals surface area (Å²) in [4.78, 5) is 23.5. The SMILES string of the molecule is CCCN(CC(=O)OCC)c1cc(Br)c(F)cc1[N+](=O)[O-]. The minimum atomic E-state index is -0.724. The van der Waals surface area contributed by atoms with Gasteiger partial charge in [-0.15, -0.1) is 0 Å². The van der Waals surface area contributed by atoms with E-state index in [0.717, 1.165) is 6.07 Å². The van der Waals surface area contributed by atoms with Gasteiger partial charge in [0.1, 0.15) is 18.0 Å². The fourth-order valence-electron chi connectivity index (χ4n) is 1.84. The molecule has 0 aliphatic heterocycles. The van der Waals surface area contributed by atoms with Gasteiger partial charge in [0, 0.05) is 6.54 Å². The summed E-state index contributed by atoms with van der Waals surface area (Å²) < 4.78 is 18.5. The lowest BCUT2D eigenvalue weighted by molar-refractivity contribution is -0.384. The van der Waals surface area contributed by atoms with Crippen LogP contribution in [0.25, 0.3) is 0 Å². The van der Waals surface area contributed by atoms with Crippen molar-refractivity contribution in [3.8, 4) is 0 Å². The molecule has 0 amide bonds. The minimum Gasteiger partial charge on any atom is -0.465 e. The van der Waals surface area contributed by atoms with Gasteiger partial charge in [-0.25, -0.2) is 4.39 Å². The Hall–Kier alpha value is -1.70. The van der Waals surface area contributed by atoms with Crippen molar-refractivity contribution in [2.75, 3.05) is 24.6 Å². The Bertz CT molecular complexity index is 539. The summed E-state index contributed by atoms with van der Waals surface area (Å²) >= 11 is 3.01. The fourth-order valence-corrected chi connectivity index (χ4v) is 2.17. The third kappa shape index (κ3) is 4.66. The lowest BCUT2D eigenvalue weighted by atomic mass is 10.2. The highest BCUT2D eigenvalue weighted by Gasteiger charge is 2.24. The van der Waals surface area contributed by atoms with Crippen molar-refractivity contribution >= 4 is 33.3 Å². The molecule has 116 valence electrons. The number of esters is 1. The summed E-state index contributed by atoms with van der Waals surface area (Å²) in [7, 11) is 0. The molecule has 8 heteroatoms. The average molecular weight is 363 g/mol. The van der Waals surface area contributed by atoms with Gasteiger partial charge in [0.15, 0.2) is 0 Å². The van der Waals surface area contributed by atoms with Gasteiger partial charge < -0.3 is 9.64 Å². The number of nitro benzene ring substituents is 1. The van der Waals surface area contributed by atoms with Crippen LogP contribution in [0.3, 0.4) is 0 Å². The van der Waals surface area contributed by atoms with Crippen LogP contribution in [0.4, 0.5) is 15.8 Å². The van der Waals surface area contributed by atoms with Gasteiger partial charge in [-0.1, -0.05) is 6.92 Å². The van der Waals surface area contributed by atoms with Crippen molar-refractivity contribution < 1.29 is 18.8 Å². The molecule has 0 heterocycles. The van der Waals surface area contributed by atoms with E-state index in [1.54, 1.807) is 6.92 Å². The van der Waals surface area contributed by atoms with Crippen molar-refractivity contribution in [3.05, 3.63) is 32.5 Å². The highest BCUT2D eigenvalue weighted by atomic mass is 79.9. The maximum Gasteiger partial charge on any atom is 0.325 e. The number of carbonyl (C=O) groups excluding carboxylic acids is 1. The molecule has 0 N–H and O–H groups in total. The molecule has 0 saturated heterocycles. The number of hydrogen-bond donors (Lipinski definition) is 0. The van der Waals surface area contributed by atoms with Crippen LogP contribution in [-0.4, -0.2) is 30.6 Å². The Morgan fingerprint density at radius 3 is 2.67 bits per heavy atom. The number of halogens is 2. The number of carbonyl (C=O) groups is 1. The molecule has 0 saturated carbocycles. The molecule has 0 fully saturated rings. The monoisotopic (exact) mass is 362 g/mol. The number of rotatable bonds is 7. The maximum absolute atomic E-state index is 13.5. The molecule has 0 radical (unpaired) electrons. The van der Waals surface area contributed by atoms with Crippen LogP contribution in [-0.2, 0) is 9.53 Å². The lowest BCUT2D eigenvalue weighted by Crippen LogP contribution is -2.32. The van der Waals surface area contributed by atoms with E-state index in [1.807, 2.05) is 6.92 Å². The first-order valence-corrected chi connectivity index (χ1v) is 7.24. The molecule has 21 heavy (non-hydrogen) atoms. The third-order valence-corrected chi connectivity index (χ3v) is 3.28. The molecule has 6 nitrogen and oxygen atoms in total. The first-order chi connectivity index (χ1) is 9.90. The smallest absolute Gasteiger partial charge is 0.325 e. The fraction of sp³-hybridized carbons (Fsp3) is 0.462. The predicted octanol–water partition coefficient (Wildman–Crippen LogP) is 3.28. The Kier molecular flexibility index (Phi) is 6.54. The van der Waals surface area contributed by atoms with Gasteiger partial charge in [-0.3, -0.25) is 14.9 Å². The first-order valence-electron chi connectivity index (χ1n) is 6.44. The van der Waals surface area contributed by atoms with Crippen LogP contribution in [0.2, 0.25) is 0 Å². The molecule has 0 aliphatic carbocycles. The molecule has 0 aliphatic rings. The molecule has 0 spiro atoms. The van der Waals surface area contributed by atoms with E-state index in [2.05, 4.69) is 15.9 Å². The van der Waals surface area contributed by atoms with Crippen molar-refractivity contribution in [1.29, 1.82) is 0 Å². The summed E-state index contributed by atoms with van der Waals surface area (Å²) in [5, 5.41) is 11.1. The average Bonchev–Trinajstić information content (AvgIpc) is 2.41. The van der Waals surface area contributed by atoms with E-state index in [1.165, 1.54) is 11.0 Å². The molecule has 1 aromatic carbocycles. The van der Waals surface area contributed by atoms with Gasteiger partial charge in [0.2, 0.25) is 0 Å². The van der Waals surface area contributed by atoms with E-state index in [0.29, 0.717) is 13.0 Å². The molecule has 1 rings (SSSR count). The van der Waals surface area contributed by atoms with Crippen molar-refractivity contribution in [1.82, 2.24) is 0 Å². The van der Waals surface area contributed by atoms with Gasteiger partial charge in [0.25, 0.3) is 5.69 Å². The van der Waals surface area contributed by atoms with E-state index >= 15 is 0 Å². The van der Waals surface area contributed by atoms with Gasteiger partial charge in [-0.05, 0) is 35.3 Å². The summed E-state index contributed by atoms with van der Waals surface area (Å²) in [6, 6.07) is 2.15. The second kappa shape index (κ2) is 7.92. The van der Waals surface area contributed by atoms with Crippen LogP contribution >= 0.6 is 15.9 Å². The largest absolute Gasteiger partial charge is 0.465 e. The number of nitrogens with zero attached hydrogens (tertiary/aromatic N) is 2. The number of ether oxygens (including phenoxy) is 1. The van der Waals surface area contributed by atoms with Crippen molar-refractivity contribution in [3.63, 3.8) is 0 Å². The highest BCUT2D eigenvalue weighted by Crippen LogP contribution is 2.33. The number of anilines is 1. The van der Waals surface area contributed by atoms with Crippen LogP contribution in [0.5, 0.6) is 0 Å². The Labute approximate surface area is 130 Å². The van der Waals surface area contributed by atoms with E-state index in [4.69, 9.17) is 4.74 Å². The Balaban J connectivity index is 3.20. The predicted molar refractivity (Wildman–Crippen MR) is 79.9 cm³/mol. The standard InChI is InChI=1S/C13H16BrFN2O4/c1-3-5-16(8-13(18)21-4-2)11-6-9(14)10(15)7-12(11)17(19)20/h6-7H,3-5,8H2,1-2H3. The highest BCUT2D eigenvalue weighted by molar-refractivity contribution is 9.10. The molecular formula is C13H16BrFN2O4. The van der Waals surface area contributed by atoms with E-state index in [9.17, 15) is 19.3 Å². The quantitative estimate of drug-likeness (QED) is 0.422. The zero-order valence-corrected chi connectivity index (χ0v) is 13.4. The Morgan fingerprint density at radius 1 is 1.48 bits per heavy atom. The summed E-state index contributed by atoms with van der Waals surface area (Å²) in [6.07, 6.45) is 0.672. The van der Waals surface area contributed by atoms with E-state index in [-0.39, 0.29) is 29.0 Å². The molecule has 0 aromatic heterocycles. The van der Waals surface area contributed by atoms with Crippen molar-refractivity contribution in [2.45, 2.75) is 20.3 Å². The van der Waals surface area contributed by atoms with Crippen LogP contribution in [0.1, 0.15) is 20.3 Å². The summed E-state index contributed by atoms with van der Waals surface area (Å²) in [5.74, 6) is -1.21. The van der Waals surface area contributed by atoms with Gasteiger partial charge in [-0.2, -0.15) is 0 Å². The normalized spacial score (nSPS) is 10.3. The zero-order chi connectivity index (χ0) is 16.0. The summed E-state index contributed by atoms with van der Waals surface area (Å²) in [6.45, 7) is 4.08. The number of nitro groups is 1. The minimum absolute atomic E-state index is 0.105. The number of benzene rings is 1. The second-order valence-corrected chi connectivity index (χ2v) is 5.09. The van der Waals surface area contributed by atoms with Crippen LogP contribution < -0.4 is 4.90 Å². The maximum atomic E-state index is 13.5. The number of hydrogen-bond acceptors (Lipinski definition) is 5. The summed E-state index contributed by atoms with van der Waals surface area (Å²) in [5.41, 5.74) is -0.198. The van der Waals surface area contributed by atoms with Crippen LogP contribution in [0.15, 0.2) is 16.6 Å². The molecule has 1 aromatic rings. The molecule has 0 atom stereocenters. The molecular weight excluding hydrogens is 347 g/mol. The third-order valence-electron chi connectivity index (χ3n) is 2.67. The van der Waals surface area contributed by atoms with Crippen LogP contribution in [0, 0.1) is 15.9 Å². The second-order valence-electron chi connectivity index (χ2n) is 4.24. The Morgan fingerprint density at radius 2 is 2.14 bits per heavy atom. The lowest BCUT2D eigenvalue weighted by Gasteiger charge is -2.23. The zero-order valence-electron chi connectivity index (χ0n) is 11.8. The molecule has 0 unspecified atom stereocenters. The van der Waals surface area contributed by atoms with E-state index < -0.39 is 16.7 Å². The molecule has 0 bridgehead atoms.